The Labute approximate surface area is 122 Å². The van der Waals surface area contributed by atoms with Crippen molar-refractivity contribution in [2.75, 3.05) is 0 Å². The zero-order valence-corrected chi connectivity index (χ0v) is 12.3. The van der Waals surface area contributed by atoms with E-state index in [1.165, 1.54) is 10.4 Å². The van der Waals surface area contributed by atoms with Crippen molar-refractivity contribution < 1.29 is 14.7 Å². The molecule has 1 aromatic rings. The van der Waals surface area contributed by atoms with Gasteiger partial charge >= 0.3 is 5.97 Å². The summed E-state index contributed by atoms with van der Waals surface area (Å²) in [6, 6.07) is 2.15. The molecule has 2 unspecified atom stereocenters. The number of carbonyl (C=O) groups excluding carboxylic acids is 1. The molecule has 2 aliphatic carbocycles. The normalized spacial score (nSPS) is 32.0. The third-order valence-electron chi connectivity index (χ3n) is 4.49. The average molecular weight is 293 g/mol. The molecule has 0 radical (unpaired) electrons. The molecule has 4 atom stereocenters. The summed E-state index contributed by atoms with van der Waals surface area (Å²) in [4.78, 5) is 24.4. The molecular weight excluding hydrogens is 274 g/mol. The van der Waals surface area contributed by atoms with Crippen LogP contribution in [0.3, 0.4) is 0 Å². The van der Waals surface area contributed by atoms with Crippen LogP contribution in [-0.4, -0.2) is 23.0 Å². The molecule has 0 aliphatic heterocycles. The van der Waals surface area contributed by atoms with Crippen molar-refractivity contribution in [3.63, 3.8) is 0 Å². The lowest BCUT2D eigenvalue weighted by Crippen LogP contribution is -2.34. The van der Waals surface area contributed by atoms with Gasteiger partial charge in [-0.1, -0.05) is 0 Å². The number of hydrogen-bond donors (Lipinski definition) is 2. The number of carboxylic acids is 1. The maximum Gasteiger partial charge on any atom is 0.306 e. The molecule has 2 aliphatic rings. The van der Waals surface area contributed by atoms with Crippen LogP contribution in [0.4, 0.5) is 0 Å². The van der Waals surface area contributed by atoms with Crippen molar-refractivity contribution in [3.8, 4) is 0 Å². The summed E-state index contributed by atoms with van der Waals surface area (Å²) in [5.41, 5.74) is 1.28. The summed E-state index contributed by atoms with van der Waals surface area (Å²) < 4.78 is 0. The highest BCUT2D eigenvalue weighted by atomic mass is 32.1. The zero-order valence-electron chi connectivity index (χ0n) is 11.5. The van der Waals surface area contributed by atoms with Gasteiger partial charge in [0.25, 0.3) is 0 Å². The molecule has 2 saturated carbocycles. The molecule has 1 aromatic heterocycles. The van der Waals surface area contributed by atoms with Gasteiger partial charge in [-0.15, -0.1) is 11.3 Å². The molecular formula is C15H19NO3S. The number of nitrogens with one attached hydrogen (secondary N) is 1. The Morgan fingerprint density at radius 3 is 2.75 bits per heavy atom. The number of amides is 1. The van der Waals surface area contributed by atoms with Gasteiger partial charge in [-0.25, -0.2) is 0 Å². The summed E-state index contributed by atoms with van der Waals surface area (Å²) in [5.74, 6) is -0.433. The molecule has 0 spiro atoms. The van der Waals surface area contributed by atoms with E-state index in [9.17, 15) is 9.59 Å². The first-order chi connectivity index (χ1) is 9.56. The largest absolute Gasteiger partial charge is 0.481 e. The molecule has 0 saturated heterocycles. The van der Waals surface area contributed by atoms with E-state index in [0.717, 1.165) is 12.8 Å². The highest BCUT2D eigenvalue weighted by Crippen LogP contribution is 2.50. The number of carboxylic acid groups (broad SMARTS) is 1. The van der Waals surface area contributed by atoms with E-state index >= 15 is 0 Å². The van der Waals surface area contributed by atoms with Crippen LogP contribution >= 0.6 is 11.3 Å². The Morgan fingerprint density at radius 1 is 1.35 bits per heavy atom. The monoisotopic (exact) mass is 293 g/mol. The highest BCUT2D eigenvalue weighted by molar-refractivity contribution is 7.10. The third-order valence-corrected chi connectivity index (χ3v) is 5.64. The number of thiophene rings is 1. The highest BCUT2D eigenvalue weighted by Gasteiger charge is 2.46. The van der Waals surface area contributed by atoms with Gasteiger partial charge in [0, 0.05) is 22.8 Å². The Bertz CT molecular complexity index is 539. The summed E-state index contributed by atoms with van der Waals surface area (Å²) in [6.45, 7) is 2.09. The van der Waals surface area contributed by atoms with E-state index in [2.05, 4.69) is 23.7 Å². The number of aryl methyl sites for hydroxylation is 1. The van der Waals surface area contributed by atoms with E-state index in [4.69, 9.17) is 5.11 Å². The van der Waals surface area contributed by atoms with Gasteiger partial charge < -0.3 is 10.4 Å². The van der Waals surface area contributed by atoms with Crippen LogP contribution in [0.5, 0.6) is 0 Å². The van der Waals surface area contributed by atoms with Crippen LogP contribution in [0.2, 0.25) is 0 Å². The number of aliphatic carboxylic acids is 1. The maximum atomic E-state index is 12.2. The summed E-state index contributed by atoms with van der Waals surface area (Å²) in [6.07, 6.45) is 2.98. The maximum absolute atomic E-state index is 12.2. The molecule has 1 amide bonds. The molecule has 0 bridgehead atoms. The van der Waals surface area contributed by atoms with E-state index in [0.29, 0.717) is 18.8 Å². The average Bonchev–Trinajstić information content (AvgIpc) is 2.84. The van der Waals surface area contributed by atoms with Crippen LogP contribution in [0.1, 0.15) is 42.0 Å². The predicted octanol–water partition coefficient (Wildman–Crippen LogP) is 2.53. The summed E-state index contributed by atoms with van der Waals surface area (Å²) in [7, 11) is 0. The van der Waals surface area contributed by atoms with Crippen LogP contribution in [0, 0.1) is 18.8 Å². The van der Waals surface area contributed by atoms with Crippen molar-refractivity contribution in [1.29, 1.82) is 0 Å². The van der Waals surface area contributed by atoms with E-state index in [1.54, 1.807) is 11.3 Å². The first kappa shape index (κ1) is 13.6. The quantitative estimate of drug-likeness (QED) is 0.896. The zero-order chi connectivity index (χ0) is 14.3. The molecule has 20 heavy (non-hydrogen) atoms. The smallest absolute Gasteiger partial charge is 0.306 e. The molecule has 3 rings (SSSR count). The Balaban J connectivity index is 1.52. The SMILES string of the molecule is Cc1ccsc1C1CC1C(=O)N[C@@H]1CC[C@H](C(=O)O)C1. The number of rotatable bonds is 4. The Morgan fingerprint density at radius 2 is 2.15 bits per heavy atom. The van der Waals surface area contributed by atoms with Crippen molar-refractivity contribution in [2.45, 2.75) is 44.6 Å². The fourth-order valence-electron chi connectivity index (χ4n) is 3.18. The number of carbonyl (C=O) groups is 2. The second kappa shape index (κ2) is 5.20. The Hall–Kier alpha value is -1.36. The second-order valence-electron chi connectivity index (χ2n) is 5.97. The van der Waals surface area contributed by atoms with Gasteiger partial charge in [0.2, 0.25) is 5.91 Å². The number of hydrogen-bond acceptors (Lipinski definition) is 3. The lowest BCUT2D eigenvalue weighted by molar-refractivity contribution is -0.141. The summed E-state index contributed by atoms with van der Waals surface area (Å²) in [5, 5.41) is 14.1. The van der Waals surface area contributed by atoms with Crippen molar-refractivity contribution in [3.05, 3.63) is 21.9 Å². The molecule has 2 fully saturated rings. The van der Waals surface area contributed by atoms with Crippen molar-refractivity contribution in [2.24, 2.45) is 11.8 Å². The molecule has 0 aromatic carbocycles. The van der Waals surface area contributed by atoms with E-state index < -0.39 is 5.97 Å². The fourth-order valence-corrected chi connectivity index (χ4v) is 4.29. The van der Waals surface area contributed by atoms with E-state index in [-0.39, 0.29) is 23.8 Å². The molecule has 4 nitrogen and oxygen atoms in total. The predicted molar refractivity (Wildman–Crippen MR) is 76.8 cm³/mol. The standard InChI is InChI=1S/C15H19NO3S/c1-8-4-5-20-13(8)11-7-12(11)14(17)16-10-3-2-9(6-10)15(18)19/h4-5,9-12H,2-3,6-7H2,1H3,(H,16,17)(H,18,19)/t9-,10+,11?,12?/m0/s1. The van der Waals surface area contributed by atoms with Gasteiger partial charge in [-0.2, -0.15) is 0 Å². The fraction of sp³-hybridized carbons (Fsp3) is 0.600. The molecule has 1 heterocycles. The van der Waals surface area contributed by atoms with Crippen LogP contribution in [0.25, 0.3) is 0 Å². The van der Waals surface area contributed by atoms with Crippen molar-refractivity contribution >= 4 is 23.2 Å². The second-order valence-corrected chi connectivity index (χ2v) is 6.92. The first-order valence-electron chi connectivity index (χ1n) is 7.13. The first-order valence-corrected chi connectivity index (χ1v) is 8.01. The van der Waals surface area contributed by atoms with E-state index in [1.807, 2.05) is 0 Å². The van der Waals surface area contributed by atoms with Crippen LogP contribution in [0.15, 0.2) is 11.4 Å². The molecule has 108 valence electrons. The molecule has 2 N–H and O–H groups in total. The lowest BCUT2D eigenvalue weighted by atomic mass is 10.1. The third kappa shape index (κ3) is 2.59. The minimum absolute atomic E-state index is 0.0503. The Kier molecular flexibility index (Phi) is 3.54. The molecule has 5 heteroatoms. The minimum atomic E-state index is -0.736. The summed E-state index contributed by atoms with van der Waals surface area (Å²) >= 11 is 1.73. The van der Waals surface area contributed by atoms with Gasteiger partial charge in [0.05, 0.1) is 5.92 Å². The topological polar surface area (TPSA) is 66.4 Å². The van der Waals surface area contributed by atoms with Gasteiger partial charge in [-0.05, 0) is 49.6 Å². The van der Waals surface area contributed by atoms with Crippen LogP contribution in [-0.2, 0) is 9.59 Å². The van der Waals surface area contributed by atoms with Crippen molar-refractivity contribution in [1.82, 2.24) is 5.32 Å². The van der Waals surface area contributed by atoms with Gasteiger partial charge in [0.1, 0.15) is 0 Å². The van der Waals surface area contributed by atoms with Gasteiger partial charge in [-0.3, -0.25) is 9.59 Å². The lowest BCUT2D eigenvalue weighted by Gasteiger charge is -2.12. The minimum Gasteiger partial charge on any atom is -0.481 e. The van der Waals surface area contributed by atoms with Crippen LogP contribution < -0.4 is 5.32 Å². The van der Waals surface area contributed by atoms with Gasteiger partial charge in [0.15, 0.2) is 0 Å².